The number of rotatable bonds is 0. The van der Waals surface area contributed by atoms with Crippen LogP contribution in [-0.4, -0.2) is 17.0 Å². The summed E-state index contributed by atoms with van der Waals surface area (Å²) in [7, 11) is 0. The molecule has 0 radical (unpaired) electrons. The van der Waals surface area contributed by atoms with E-state index in [-0.39, 0.29) is 11.9 Å². The van der Waals surface area contributed by atoms with E-state index in [0.717, 1.165) is 29.5 Å². The third-order valence-electron chi connectivity index (χ3n) is 5.10. The molecule has 0 amide bonds. The van der Waals surface area contributed by atoms with E-state index in [0.29, 0.717) is 12.8 Å². The normalized spacial score (nSPS) is 27.3. The number of benzene rings is 2. The summed E-state index contributed by atoms with van der Waals surface area (Å²) >= 11 is 0. The fourth-order valence-electron chi connectivity index (χ4n) is 4.09. The van der Waals surface area contributed by atoms with E-state index in [4.69, 9.17) is 0 Å². The Hall–Kier alpha value is -1.93. The Labute approximate surface area is 124 Å². The van der Waals surface area contributed by atoms with Crippen molar-refractivity contribution in [2.45, 2.75) is 37.2 Å². The number of carbonyl (C=O) groups excluding carboxylic acids is 1. The molecule has 21 heavy (non-hydrogen) atoms. The quantitative estimate of drug-likeness (QED) is 0.803. The van der Waals surface area contributed by atoms with Gasteiger partial charge in [0.05, 0.1) is 11.5 Å². The van der Waals surface area contributed by atoms with Gasteiger partial charge in [0.2, 0.25) is 0 Å². The molecule has 0 bridgehead atoms. The van der Waals surface area contributed by atoms with E-state index in [9.17, 15) is 9.90 Å². The number of aliphatic hydroxyl groups is 1. The van der Waals surface area contributed by atoms with Crippen molar-refractivity contribution in [1.29, 1.82) is 0 Å². The van der Waals surface area contributed by atoms with Crippen LogP contribution in [0.1, 0.15) is 46.3 Å². The average Bonchev–Trinajstić information content (AvgIpc) is 2.86. The van der Waals surface area contributed by atoms with Crippen molar-refractivity contribution in [1.82, 2.24) is 0 Å². The van der Waals surface area contributed by atoms with Gasteiger partial charge in [0.15, 0.2) is 5.78 Å². The molecule has 1 N–H and O–H groups in total. The van der Waals surface area contributed by atoms with Crippen molar-refractivity contribution >= 4 is 5.78 Å². The Balaban J connectivity index is 2.00. The minimum atomic E-state index is -0.525. The Bertz CT molecular complexity index is 719. The number of hydrogen-bond donors (Lipinski definition) is 1. The van der Waals surface area contributed by atoms with Gasteiger partial charge in [-0.1, -0.05) is 48.5 Å². The first-order chi connectivity index (χ1) is 10.2. The number of Topliss-reactive ketones (excluding diaryl/α,β-unsaturated/α-hetero) is 1. The van der Waals surface area contributed by atoms with Gasteiger partial charge in [-0.25, -0.2) is 0 Å². The zero-order valence-electron chi connectivity index (χ0n) is 11.9. The molecule has 106 valence electrons. The molecule has 4 rings (SSSR count). The summed E-state index contributed by atoms with van der Waals surface area (Å²) < 4.78 is 0. The van der Waals surface area contributed by atoms with Crippen LogP contribution in [-0.2, 0) is 11.8 Å². The van der Waals surface area contributed by atoms with Crippen LogP contribution >= 0.6 is 0 Å². The highest BCUT2D eigenvalue weighted by atomic mass is 16.3. The van der Waals surface area contributed by atoms with Crippen LogP contribution in [0, 0.1) is 0 Å². The summed E-state index contributed by atoms with van der Waals surface area (Å²) in [5.41, 5.74) is 3.77. The first kappa shape index (κ1) is 12.8. The molecule has 2 aromatic rings. The molecule has 0 saturated heterocycles. The topological polar surface area (TPSA) is 37.3 Å². The van der Waals surface area contributed by atoms with E-state index in [1.165, 1.54) is 5.56 Å². The molecule has 1 fully saturated rings. The molecule has 2 aliphatic carbocycles. The lowest BCUT2D eigenvalue weighted by Crippen LogP contribution is -2.34. The fraction of sp³-hybridized carbons (Fsp3) is 0.316. The monoisotopic (exact) mass is 278 g/mol. The number of hydrogen-bond acceptors (Lipinski definition) is 2. The Morgan fingerprint density at radius 1 is 1.00 bits per heavy atom. The van der Waals surface area contributed by atoms with Crippen molar-refractivity contribution in [2.75, 3.05) is 0 Å². The Kier molecular flexibility index (Phi) is 2.76. The van der Waals surface area contributed by atoms with Gasteiger partial charge in [-0.3, -0.25) is 4.79 Å². The smallest absolute Gasteiger partial charge is 0.173 e. The molecule has 2 heteroatoms. The molecule has 0 heterocycles. The van der Waals surface area contributed by atoms with Crippen LogP contribution in [0.2, 0.25) is 0 Å². The largest absolute Gasteiger partial charge is 0.393 e. The second-order valence-electron chi connectivity index (χ2n) is 6.30. The molecule has 2 aliphatic rings. The van der Waals surface area contributed by atoms with Crippen molar-refractivity contribution in [2.24, 2.45) is 0 Å². The van der Waals surface area contributed by atoms with Gasteiger partial charge < -0.3 is 5.11 Å². The van der Waals surface area contributed by atoms with Crippen molar-refractivity contribution in [3.05, 3.63) is 70.8 Å². The predicted molar refractivity (Wildman–Crippen MR) is 81.6 cm³/mol. The third kappa shape index (κ3) is 1.79. The summed E-state index contributed by atoms with van der Waals surface area (Å²) in [6, 6.07) is 16.2. The van der Waals surface area contributed by atoms with Crippen molar-refractivity contribution < 1.29 is 9.90 Å². The lowest BCUT2D eigenvalue weighted by molar-refractivity contribution is 0.0864. The molecule has 2 atom stereocenters. The van der Waals surface area contributed by atoms with E-state index in [2.05, 4.69) is 18.2 Å². The summed E-state index contributed by atoms with van der Waals surface area (Å²) in [4.78, 5) is 13.3. The highest BCUT2D eigenvalue weighted by molar-refractivity contribution is 6.06. The number of aliphatic hydroxyl groups excluding tert-OH is 1. The fourth-order valence-corrected chi connectivity index (χ4v) is 4.09. The maximum atomic E-state index is 13.3. The molecule has 1 spiro atoms. The van der Waals surface area contributed by atoms with Crippen molar-refractivity contribution in [3.63, 3.8) is 0 Å². The molecular weight excluding hydrogens is 260 g/mol. The zero-order valence-corrected chi connectivity index (χ0v) is 11.9. The lowest BCUT2D eigenvalue weighted by Gasteiger charge is -2.28. The van der Waals surface area contributed by atoms with Gasteiger partial charge in [0.25, 0.3) is 0 Å². The van der Waals surface area contributed by atoms with Crippen LogP contribution < -0.4 is 0 Å². The second kappa shape index (κ2) is 4.54. The van der Waals surface area contributed by atoms with Crippen LogP contribution in [0.4, 0.5) is 0 Å². The highest BCUT2D eigenvalue weighted by Crippen LogP contribution is 2.47. The molecule has 0 aromatic heterocycles. The number of ketones is 1. The van der Waals surface area contributed by atoms with Crippen LogP contribution in [0.15, 0.2) is 48.5 Å². The van der Waals surface area contributed by atoms with Crippen molar-refractivity contribution in [3.8, 4) is 0 Å². The molecule has 2 unspecified atom stereocenters. The van der Waals surface area contributed by atoms with Gasteiger partial charge in [0.1, 0.15) is 0 Å². The van der Waals surface area contributed by atoms with E-state index in [1.807, 2.05) is 30.3 Å². The summed E-state index contributed by atoms with van der Waals surface area (Å²) in [5, 5.41) is 10.1. The molecule has 0 aliphatic heterocycles. The Morgan fingerprint density at radius 2 is 1.71 bits per heavy atom. The SMILES string of the molecule is O=C1c2ccccc2Cc2ccccc2C12CCC(O)C2. The summed E-state index contributed by atoms with van der Waals surface area (Å²) in [6.07, 6.45) is 2.44. The first-order valence-corrected chi connectivity index (χ1v) is 7.60. The molecule has 2 nitrogen and oxygen atoms in total. The van der Waals surface area contributed by atoms with E-state index in [1.54, 1.807) is 0 Å². The van der Waals surface area contributed by atoms with Gasteiger partial charge in [-0.2, -0.15) is 0 Å². The number of carbonyl (C=O) groups is 1. The average molecular weight is 278 g/mol. The van der Waals surface area contributed by atoms with Gasteiger partial charge in [-0.05, 0) is 42.4 Å². The molecular formula is C19H18O2. The Morgan fingerprint density at radius 3 is 2.48 bits per heavy atom. The predicted octanol–water partition coefficient (Wildman–Crippen LogP) is 3.26. The maximum Gasteiger partial charge on any atom is 0.173 e. The summed E-state index contributed by atoms with van der Waals surface area (Å²) in [6.45, 7) is 0. The van der Waals surface area contributed by atoms with E-state index >= 15 is 0 Å². The highest BCUT2D eigenvalue weighted by Gasteiger charge is 2.48. The second-order valence-corrected chi connectivity index (χ2v) is 6.30. The van der Waals surface area contributed by atoms with E-state index < -0.39 is 5.41 Å². The lowest BCUT2D eigenvalue weighted by atomic mass is 9.72. The van der Waals surface area contributed by atoms with Gasteiger partial charge in [0, 0.05) is 5.56 Å². The zero-order chi connectivity index (χ0) is 14.4. The maximum absolute atomic E-state index is 13.3. The number of fused-ring (bicyclic) bond motifs is 3. The van der Waals surface area contributed by atoms with Gasteiger partial charge >= 0.3 is 0 Å². The third-order valence-corrected chi connectivity index (χ3v) is 5.10. The molecule has 2 aromatic carbocycles. The molecule has 1 saturated carbocycles. The van der Waals surface area contributed by atoms with Crippen LogP contribution in [0.5, 0.6) is 0 Å². The first-order valence-electron chi connectivity index (χ1n) is 7.60. The minimum Gasteiger partial charge on any atom is -0.393 e. The minimum absolute atomic E-state index is 0.194. The van der Waals surface area contributed by atoms with Crippen LogP contribution in [0.3, 0.4) is 0 Å². The summed E-state index contributed by atoms with van der Waals surface area (Å²) in [5.74, 6) is 0.194. The van der Waals surface area contributed by atoms with Crippen LogP contribution in [0.25, 0.3) is 0 Å². The standard InChI is InChI=1S/C19H18O2/c20-15-9-10-19(12-15)17-8-4-2-6-14(17)11-13-5-1-3-7-16(13)18(19)21/h1-8,15,20H,9-12H2. The van der Waals surface area contributed by atoms with Gasteiger partial charge in [-0.15, -0.1) is 0 Å².